The molecule has 3 amide bonds. The molecule has 2 aromatic carbocycles. The van der Waals surface area contributed by atoms with Crippen molar-refractivity contribution in [1.29, 1.82) is 0 Å². The third-order valence-corrected chi connectivity index (χ3v) is 5.44. The summed E-state index contributed by atoms with van der Waals surface area (Å²) in [5, 5.41) is 10.2. The summed E-state index contributed by atoms with van der Waals surface area (Å²) in [5.41, 5.74) is 1.77. The Kier molecular flexibility index (Phi) is 6.28. The Hall–Kier alpha value is -3.65. The highest BCUT2D eigenvalue weighted by molar-refractivity contribution is 7.12. The van der Waals surface area contributed by atoms with E-state index in [0.29, 0.717) is 27.7 Å². The molecule has 1 aromatic heterocycles. The van der Waals surface area contributed by atoms with Crippen LogP contribution in [0.25, 0.3) is 0 Å². The highest BCUT2D eigenvalue weighted by Gasteiger charge is 2.29. The van der Waals surface area contributed by atoms with Crippen molar-refractivity contribution in [3.05, 3.63) is 70.9 Å². The van der Waals surface area contributed by atoms with E-state index >= 15 is 0 Å². The van der Waals surface area contributed by atoms with Gasteiger partial charge in [-0.1, -0.05) is 18.2 Å². The number of carbonyl (C=O) groups excluding carboxylic acids is 3. The first kappa shape index (κ1) is 20.6. The van der Waals surface area contributed by atoms with Gasteiger partial charge in [0.1, 0.15) is 5.75 Å². The molecule has 0 unspecified atom stereocenters. The zero-order chi connectivity index (χ0) is 21.6. The number of thiophene rings is 1. The Morgan fingerprint density at radius 2 is 1.58 bits per heavy atom. The molecule has 1 fully saturated rings. The molecule has 31 heavy (non-hydrogen) atoms. The molecule has 0 radical (unpaired) electrons. The molecule has 0 atom stereocenters. The Bertz CT molecular complexity index is 1090. The SMILES string of the molecule is O=C(COc1cccc(NC(=O)C2CC2)c1)Nc1cccc(NC(=O)c2cccs2)c1. The number of amides is 3. The lowest BCUT2D eigenvalue weighted by atomic mass is 10.2. The molecular formula is C23H21N3O4S. The average Bonchev–Trinajstić information content (AvgIpc) is 3.47. The fourth-order valence-corrected chi connectivity index (χ4v) is 3.49. The second-order valence-electron chi connectivity index (χ2n) is 7.14. The van der Waals surface area contributed by atoms with Crippen LogP contribution in [0.5, 0.6) is 5.75 Å². The minimum Gasteiger partial charge on any atom is -0.484 e. The maximum atomic E-state index is 12.3. The van der Waals surface area contributed by atoms with Gasteiger partial charge in [-0.2, -0.15) is 0 Å². The molecule has 1 aliphatic rings. The molecule has 1 saturated carbocycles. The van der Waals surface area contributed by atoms with E-state index in [4.69, 9.17) is 4.74 Å². The Balaban J connectivity index is 1.29. The van der Waals surface area contributed by atoms with Crippen LogP contribution >= 0.6 is 11.3 Å². The number of ether oxygens (including phenoxy) is 1. The van der Waals surface area contributed by atoms with Crippen molar-refractivity contribution in [2.24, 2.45) is 5.92 Å². The molecule has 1 heterocycles. The van der Waals surface area contributed by atoms with Gasteiger partial charge in [0.05, 0.1) is 4.88 Å². The van der Waals surface area contributed by atoms with E-state index in [1.807, 2.05) is 11.4 Å². The first-order valence-electron chi connectivity index (χ1n) is 9.85. The van der Waals surface area contributed by atoms with Gasteiger partial charge < -0.3 is 20.7 Å². The molecule has 0 bridgehead atoms. The van der Waals surface area contributed by atoms with Crippen LogP contribution in [0, 0.1) is 5.92 Å². The fourth-order valence-electron chi connectivity index (χ4n) is 2.87. The lowest BCUT2D eigenvalue weighted by molar-refractivity contribution is -0.118. The smallest absolute Gasteiger partial charge is 0.265 e. The van der Waals surface area contributed by atoms with E-state index < -0.39 is 0 Å². The van der Waals surface area contributed by atoms with Crippen molar-refractivity contribution in [2.75, 3.05) is 22.6 Å². The van der Waals surface area contributed by atoms with Crippen molar-refractivity contribution >= 4 is 46.1 Å². The van der Waals surface area contributed by atoms with E-state index in [-0.39, 0.29) is 30.2 Å². The summed E-state index contributed by atoms with van der Waals surface area (Å²) in [5.74, 6) is 0.0764. The summed E-state index contributed by atoms with van der Waals surface area (Å²) >= 11 is 1.36. The minimum atomic E-state index is -0.339. The number of anilines is 3. The van der Waals surface area contributed by atoms with Gasteiger partial charge in [0.2, 0.25) is 5.91 Å². The highest BCUT2D eigenvalue weighted by Crippen LogP contribution is 2.30. The maximum absolute atomic E-state index is 12.3. The van der Waals surface area contributed by atoms with Crippen LogP contribution in [0.3, 0.4) is 0 Å². The summed E-state index contributed by atoms with van der Waals surface area (Å²) in [6.07, 6.45) is 1.86. The van der Waals surface area contributed by atoms with Gasteiger partial charge in [0.15, 0.2) is 6.61 Å². The Labute approximate surface area is 183 Å². The zero-order valence-electron chi connectivity index (χ0n) is 16.6. The second kappa shape index (κ2) is 9.44. The fraction of sp³-hybridized carbons (Fsp3) is 0.174. The lowest BCUT2D eigenvalue weighted by Gasteiger charge is -2.10. The van der Waals surface area contributed by atoms with Crippen LogP contribution in [0.4, 0.5) is 17.1 Å². The number of hydrogen-bond donors (Lipinski definition) is 3. The van der Waals surface area contributed by atoms with Gasteiger partial charge in [-0.25, -0.2) is 0 Å². The standard InChI is InChI=1S/C23H21N3O4S/c27-21(14-30-19-7-2-6-18(13-19)25-22(28)15-9-10-15)24-16-4-1-5-17(12-16)26-23(29)20-8-3-11-31-20/h1-8,11-13,15H,9-10,14H2,(H,24,27)(H,25,28)(H,26,29). The van der Waals surface area contributed by atoms with Gasteiger partial charge in [-0.05, 0) is 54.6 Å². The van der Waals surface area contributed by atoms with Crippen LogP contribution in [0.15, 0.2) is 66.0 Å². The summed E-state index contributed by atoms with van der Waals surface area (Å²) in [6.45, 7) is -0.189. The normalized spacial score (nSPS) is 12.6. The van der Waals surface area contributed by atoms with Crippen molar-refractivity contribution < 1.29 is 19.1 Å². The summed E-state index contributed by atoms with van der Waals surface area (Å²) in [7, 11) is 0. The summed E-state index contributed by atoms with van der Waals surface area (Å²) in [6, 6.07) is 17.4. The molecule has 1 aliphatic carbocycles. The van der Waals surface area contributed by atoms with Crippen LogP contribution in [0.1, 0.15) is 22.5 Å². The van der Waals surface area contributed by atoms with Crippen molar-refractivity contribution in [2.45, 2.75) is 12.8 Å². The van der Waals surface area contributed by atoms with Crippen LogP contribution in [0.2, 0.25) is 0 Å². The van der Waals surface area contributed by atoms with Crippen LogP contribution in [-0.2, 0) is 9.59 Å². The number of carbonyl (C=O) groups is 3. The van der Waals surface area contributed by atoms with Crippen LogP contribution < -0.4 is 20.7 Å². The van der Waals surface area contributed by atoms with Crippen molar-refractivity contribution in [3.63, 3.8) is 0 Å². The summed E-state index contributed by atoms with van der Waals surface area (Å²) < 4.78 is 5.55. The molecule has 4 rings (SSSR count). The van der Waals surface area contributed by atoms with Gasteiger partial charge in [-0.3, -0.25) is 14.4 Å². The van der Waals surface area contributed by atoms with Gasteiger partial charge in [0, 0.05) is 29.0 Å². The first-order chi connectivity index (χ1) is 15.1. The molecule has 158 valence electrons. The number of hydrogen-bond acceptors (Lipinski definition) is 5. The Morgan fingerprint density at radius 1 is 0.871 bits per heavy atom. The molecule has 3 aromatic rings. The average molecular weight is 436 g/mol. The molecule has 7 nitrogen and oxygen atoms in total. The Morgan fingerprint density at radius 3 is 2.29 bits per heavy atom. The largest absolute Gasteiger partial charge is 0.484 e. The molecule has 0 saturated heterocycles. The third-order valence-electron chi connectivity index (χ3n) is 4.57. The van der Waals surface area contributed by atoms with Gasteiger partial charge >= 0.3 is 0 Å². The topological polar surface area (TPSA) is 96.5 Å². The molecule has 3 N–H and O–H groups in total. The number of nitrogens with one attached hydrogen (secondary N) is 3. The van der Waals surface area contributed by atoms with Crippen molar-refractivity contribution in [1.82, 2.24) is 0 Å². The van der Waals surface area contributed by atoms with Gasteiger partial charge in [0.25, 0.3) is 11.8 Å². The predicted octanol–water partition coefficient (Wildman–Crippen LogP) is 4.37. The quantitative estimate of drug-likeness (QED) is 0.490. The lowest BCUT2D eigenvalue weighted by Crippen LogP contribution is -2.20. The minimum absolute atomic E-state index is 0.0148. The number of rotatable bonds is 8. The van der Waals surface area contributed by atoms with Gasteiger partial charge in [-0.15, -0.1) is 11.3 Å². The van der Waals surface area contributed by atoms with Crippen LogP contribution in [-0.4, -0.2) is 24.3 Å². The van der Waals surface area contributed by atoms with E-state index in [1.54, 1.807) is 54.6 Å². The predicted molar refractivity (Wildman–Crippen MR) is 121 cm³/mol. The van der Waals surface area contributed by atoms with Crippen molar-refractivity contribution in [3.8, 4) is 5.75 Å². The molecule has 0 spiro atoms. The monoisotopic (exact) mass is 435 g/mol. The molecule has 8 heteroatoms. The summed E-state index contributed by atoms with van der Waals surface area (Å²) in [4.78, 5) is 36.9. The zero-order valence-corrected chi connectivity index (χ0v) is 17.4. The number of benzene rings is 2. The molecule has 0 aliphatic heterocycles. The van der Waals surface area contributed by atoms with E-state index in [1.165, 1.54) is 11.3 Å². The highest BCUT2D eigenvalue weighted by atomic mass is 32.1. The molecular weight excluding hydrogens is 414 g/mol. The first-order valence-corrected chi connectivity index (χ1v) is 10.7. The second-order valence-corrected chi connectivity index (χ2v) is 8.09. The third kappa shape index (κ3) is 5.93. The van der Waals surface area contributed by atoms with E-state index in [2.05, 4.69) is 16.0 Å². The van der Waals surface area contributed by atoms with E-state index in [0.717, 1.165) is 12.8 Å². The van der Waals surface area contributed by atoms with E-state index in [9.17, 15) is 14.4 Å². The maximum Gasteiger partial charge on any atom is 0.265 e.